The normalized spacial score (nSPS) is 23.5. The summed E-state index contributed by atoms with van der Waals surface area (Å²) >= 11 is 0. The zero-order valence-electron chi connectivity index (χ0n) is 15.4. The largest absolute Gasteiger partial charge is 0.508 e. The second kappa shape index (κ2) is 5.86. The summed E-state index contributed by atoms with van der Waals surface area (Å²) in [5, 5.41) is 61.0. The quantitative estimate of drug-likeness (QED) is 0.316. The summed E-state index contributed by atoms with van der Waals surface area (Å²) in [7, 11) is 0. The highest BCUT2D eigenvalue weighted by Crippen LogP contribution is 2.55. The Morgan fingerprint density at radius 2 is 1.35 bits per heavy atom. The lowest BCUT2D eigenvalue weighted by atomic mass is 9.85. The van der Waals surface area contributed by atoms with Crippen molar-refractivity contribution in [3.63, 3.8) is 0 Å². The van der Waals surface area contributed by atoms with Crippen molar-refractivity contribution in [3.8, 4) is 46.0 Å². The molecule has 2 aliphatic rings. The van der Waals surface area contributed by atoms with Gasteiger partial charge in [-0.1, -0.05) is 0 Å². The first-order valence-electron chi connectivity index (χ1n) is 8.90. The van der Waals surface area contributed by atoms with E-state index >= 15 is 0 Å². The molecule has 3 aromatic carbocycles. The zero-order valence-corrected chi connectivity index (χ0v) is 15.4. The molecule has 0 unspecified atom stereocenters. The fourth-order valence-electron chi connectivity index (χ4n) is 3.66. The van der Waals surface area contributed by atoms with Crippen LogP contribution in [0, 0.1) is 0 Å². The van der Waals surface area contributed by atoms with Crippen molar-refractivity contribution in [2.24, 2.45) is 0 Å². The van der Waals surface area contributed by atoms with Gasteiger partial charge in [-0.2, -0.15) is 0 Å². The highest BCUT2D eigenvalue weighted by Gasteiger charge is 2.70. The Labute approximate surface area is 173 Å². The first-order chi connectivity index (χ1) is 14.6. The van der Waals surface area contributed by atoms with Crippen molar-refractivity contribution in [1.82, 2.24) is 0 Å². The van der Waals surface area contributed by atoms with Crippen molar-refractivity contribution >= 4 is 5.78 Å². The summed E-state index contributed by atoms with van der Waals surface area (Å²) in [5.74, 6) is -9.57. The Kier molecular flexibility index (Phi) is 3.54. The summed E-state index contributed by atoms with van der Waals surface area (Å²) < 4.78 is 17.3. The van der Waals surface area contributed by atoms with Gasteiger partial charge >= 0.3 is 11.6 Å². The number of aromatic hydroxyl groups is 5. The van der Waals surface area contributed by atoms with Crippen LogP contribution in [0.25, 0.3) is 0 Å². The van der Waals surface area contributed by atoms with Gasteiger partial charge in [0.2, 0.25) is 0 Å². The molecule has 0 saturated carbocycles. The maximum absolute atomic E-state index is 13.4. The monoisotopic (exact) mass is 426 g/mol. The minimum atomic E-state index is -2.95. The summed E-state index contributed by atoms with van der Waals surface area (Å²) in [5.41, 5.74) is -0.614. The maximum atomic E-state index is 13.4. The van der Waals surface area contributed by atoms with Gasteiger partial charge in [-0.05, 0) is 30.3 Å². The lowest BCUT2D eigenvalue weighted by molar-refractivity contribution is -0.316. The van der Waals surface area contributed by atoms with Gasteiger partial charge in [-0.3, -0.25) is 4.79 Å². The van der Waals surface area contributed by atoms with Crippen LogP contribution in [0.2, 0.25) is 0 Å². The SMILES string of the molecule is O=C1c2c(O)cc(O)cc2O[C@@]2(c3ccc(O)c(O)c3)Oc3ccc(O)cc3O[C@@]12O. The lowest BCUT2D eigenvalue weighted by Gasteiger charge is -2.49. The minimum absolute atomic E-state index is 0.0318. The second-order valence-electron chi connectivity index (χ2n) is 7.07. The van der Waals surface area contributed by atoms with E-state index in [4.69, 9.17) is 14.2 Å². The molecule has 10 heteroatoms. The number of ether oxygens (including phenoxy) is 3. The molecule has 5 rings (SSSR count). The number of hydrogen-bond donors (Lipinski definition) is 6. The maximum Gasteiger partial charge on any atom is 0.357 e. The molecule has 6 N–H and O–H groups in total. The van der Waals surface area contributed by atoms with Gasteiger partial charge in [0.1, 0.15) is 28.6 Å². The summed E-state index contributed by atoms with van der Waals surface area (Å²) in [6.07, 6.45) is 0. The highest BCUT2D eigenvalue weighted by molar-refractivity contribution is 6.08. The molecule has 2 heterocycles. The number of Topliss-reactive ketones (excluding diaryl/α,β-unsaturated/α-hetero) is 1. The van der Waals surface area contributed by atoms with E-state index in [1.54, 1.807) is 0 Å². The average Bonchev–Trinajstić information content (AvgIpc) is 2.69. The molecule has 0 aromatic heterocycles. The van der Waals surface area contributed by atoms with Crippen LogP contribution in [0.1, 0.15) is 15.9 Å². The van der Waals surface area contributed by atoms with Crippen LogP contribution in [0.3, 0.4) is 0 Å². The highest BCUT2D eigenvalue weighted by atomic mass is 16.8. The molecule has 0 saturated heterocycles. The van der Waals surface area contributed by atoms with E-state index in [0.29, 0.717) is 0 Å². The van der Waals surface area contributed by atoms with E-state index in [-0.39, 0.29) is 28.6 Å². The minimum Gasteiger partial charge on any atom is -0.508 e. The van der Waals surface area contributed by atoms with Gasteiger partial charge in [0.15, 0.2) is 23.0 Å². The van der Waals surface area contributed by atoms with Gasteiger partial charge in [-0.25, -0.2) is 0 Å². The third-order valence-corrected chi connectivity index (χ3v) is 5.09. The molecule has 2 atom stereocenters. The van der Waals surface area contributed by atoms with E-state index < -0.39 is 45.9 Å². The average molecular weight is 426 g/mol. The Hall–Kier alpha value is -4.31. The number of hydrogen-bond acceptors (Lipinski definition) is 10. The van der Waals surface area contributed by atoms with E-state index in [2.05, 4.69) is 0 Å². The van der Waals surface area contributed by atoms with Gasteiger partial charge < -0.3 is 44.8 Å². The van der Waals surface area contributed by atoms with Crippen molar-refractivity contribution < 1.29 is 49.6 Å². The third-order valence-electron chi connectivity index (χ3n) is 5.09. The Balaban J connectivity index is 1.82. The molecule has 158 valence electrons. The molecule has 10 nitrogen and oxygen atoms in total. The molecule has 0 aliphatic carbocycles. The number of phenolic OH excluding ortho intramolecular Hbond substituents is 5. The predicted octanol–water partition coefficient (Wildman–Crippen LogP) is 1.80. The summed E-state index contributed by atoms with van der Waals surface area (Å²) in [4.78, 5) is 13.4. The van der Waals surface area contributed by atoms with E-state index in [0.717, 1.165) is 30.3 Å². The van der Waals surface area contributed by atoms with Crippen LogP contribution in [-0.4, -0.2) is 42.2 Å². The standard InChI is InChI=1S/C21H14O10/c22-10-2-4-15-16(7-10)29-20(28)19(27)18-14(26)6-11(23)8-17(18)31-21(20,30-15)9-1-3-12(24)13(25)5-9/h1-8,22-26,28H/t20-,21+/m0/s1. The number of phenols is 5. The molecule has 0 radical (unpaired) electrons. The number of carbonyl (C=O) groups is 1. The van der Waals surface area contributed by atoms with Crippen LogP contribution in [0.5, 0.6) is 46.0 Å². The van der Waals surface area contributed by atoms with Gasteiger partial charge in [0.25, 0.3) is 5.78 Å². The number of benzene rings is 3. The number of ketones is 1. The number of carbonyl (C=O) groups excluding carboxylic acids is 1. The Morgan fingerprint density at radius 1 is 0.645 bits per heavy atom. The van der Waals surface area contributed by atoms with E-state index in [1.807, 2.05) is 0 Å². The molecule has 31 heavy (non-hydrogen) atoms. The van der Waals surface area contributed by atoms with Gasteiger partial charge in [0.05, 0.1) is 0 Å². The van der Waals surface area contributed by atoms with Gasteiger partial charge in [0, 0.05) is 23.8 Å². The molecule has 0 spiro atoms. The van der Waals surface area contributed by atoms with Crippen LogP contribution in [-0.2, 0) is 5.79 Å². The molecule has 0 bridgehead atoms. The van der Waals surface area contributed by atoms with E-state index in [9.17, 15) is 35.4 Å². The van der Waals surface area contributed by atoms with Crippen LogP contribution >= 0.6 is 0 Å². The van der Waals surface area contributed by atoms with Crippen molar-refractivity contribution in [2.45, 2.75) is 11.6 Å². The zero-order chi connectivity index (χ0) is 22.1. The Bertz CT molecular complexity index is 1270. The van der Waals surface area contributed by atoms with Crippen LogP contribution < -0.4 is 14.2 Å². The van der Waals surface area contributed by atoms with Crippen molar-refractivity contribution in [3.05, 3.63) is 59.7 Å². The molecule has 2 aliphatic heterocycles. The van der Waals surface area contributed by atoms with Crippen LogP contribution in [0.15, 0.2) is 48.5 Å². The lowest BCUT2D eigenvalue weighted by Crippen LogP contribution is -2.70. The first kappa shape index (κ1) is 18.7. The van der Waals surface area contributed by atoms with Crippen molar-refractivity contribution in [2.75, 3.05) is 0 Å². The number of rotatable bonds is 1. The van der Waals surface area contributed by atoms with Crippen molar-refractivity contribution in [1.29, 1.82) is 0 Å². The Morgan fingerprint density at radius 3 is 2.10 bits per heavy atom. The fourth-order valence-corrected chi connectivity index (χ4v) is 3.66. The number of fused-ring (bicyclic) bond motifs is 3. The fraction of sp³-hybridized carbons (Fsp3) is 0.0952. The third kappa shape index (κ3) is 2.39. The molecular weight excluding hydrogens is 412 g/mol. The molecular formula is C21H14O10. The summed E-state index contributed by atoms with van der Waals surface area (Å²) in [6.45, 7) is 0. The molecule has 0 amide bonds. The second-order valence-corrected chi connectivity index (χ2v) is 7.07. The number of aliphatic hydroxyl groups is 1. The van der Waals surface area contributed by atoms with Gasteiger partial charge in [-0.15, -0.1) is 0 Å². The van der Waals surface area contributed by atoms with E-state index in [1.165, 1.54) is 18.2 Å². The molecule has 0 fully saturated rings. The summed E-state index contributed by atoms with van der Waals surface area (Å²) in [6, 6.07) is 8.88. The first-order valence-corrected chi connectivity index (χ1v) is 8.90. The smallest absolute Gasteiger partial charge is 0.357 e. The molecule has 3 aromatic rings. The topological polar surface area (TPSA) is 166 Å². The van der Waals surface area contributed by atoms with Crippen LogP contribution in [0.4, 0.5) is 0 Å². The predicted molar refractivity (Wildman–Crippen MR) is 100 cm³/mol.